The number of aromatic nitrogens is 4. The lowest BCUT2D eigenvalue weighted by atomic mass is 10.2. The van der Waals surface area contributed by atoms with Crippen LogP contribution in [0.25, 0.3) is 5.69 Å². The van der Waals surface area contributed by atoms with Gasteiger partial charge in [0, 0.05) is 26.2 Å². The van der Waals surface area contributed by atoms with Gasteiger partial charge >= 0.3 is 0 Å². The molecular weight excluding hydrogens is 455 g/mol. The minimum absolute atomic E-state index is 0.0552. The van der Waals surface area contributed by atoms with Gasteiger partial charge in [-0.05, 0) is 34.2 Å². The zero-order valence-corrected chi connectivity index (χ0v) is 18.7. The predicted octanol–water partition coefficient (Wildman–Crippen LogP) is 1.57. The number of hydrogen-bond donors (Lipinski definition) is 0. The van der Waals surface area contributed by atoms with Crippen LogP contribution in [0, 0.1) is 5.82 Å². The first kappa shape index (κ1) is 22.4. The maximum absolute atomic E-state index is 13.5. The Morgan fingerprint density at radius 2 is 1.78 bits per heavy atom. The van der Waals surface area contributed by atoms with Gasteiger partial charge in [0.15, 0.2) is 0 Å². The molecule has 0 N–H and O–H groups in total. The van der Waals surface area contributed by atoms with E-state index in [1.54, 1.807) is 29.2 Å². The topological polar surface area (TPSA) is 101 Å². The SMILES string of the molecule is O=C(CSc1nnnn1-c1cccc(F)c1)N1CCN(S(=O)(=O)Cc2ccccc2)CC1. The van der Waals surface area contributed by atoms with Crippen LogP contribution in [0.5, 0.6) is 0 Å². The van der Waals surface area contributed by atoms with Crippen LogP contribution in [0.3, 0.4) is 0 Å². The molecular formula is C20H21FN6O3S2. The van der Waals surface area contributed by atoms with Crippen molar-refractivity contribution in [3.63, 3.8) is 0 Å². The molecule has 0 atom stereocenters. The van der Waals surface area contributed by atoms with Crippen molar-refractivity contribution < 1.29 is 17.6 Å². The van der Waals surface area contributed by atoms with E-state index in [1.165, 1.54) is 21.1 Å². The van der Waals surface area contributed by atoms with E-state index in [9.17, 15) is 17.6 Å². The Kier molecular flexibility index (Phi) is 6.82. The first-order chi connectivity index (χ1) is 15.4. The number of amides is 1. The number of carbonyl (C=O) groups excluding carboxylic acids is 1. The highest BCUT2D eigenvalue weighted by Gasteiger charge is 2.29. The van der Waals surface area contributed by atoms with E-state index in [2.05, 4.69) is 15.5 Å². The van der Waals surface area contributed by atoms with Gasteiger partial charge in [-0.15, -0.1) is 5.10 Å². The third kappa shape index (κ3) is 5.31. The van der Waals surface area contributed by atoms with E-state index in [0.29, 0.717) is 23.9 Å². The van der Waals surface area contributed by atoms with E-state index in [-0.39, 0.29) is 30.5 Å². The molecule has 32 heavy (non-hydrogen) atoms. The van der Waals surface area contributed by atoms with Crippen LogP contribution in [0.15, 0.2) is 59.8 Å². The lowest BCUT2D eigenvalue weighted by Gasteiger charge is -2.34. The van der Waals surface area contributed by atoms with E-state index < -0.39 is 15.8 Å². The Morgan fingerprint density at radius 1 is 1.03 bits per heavy atom. The van der Waals surface area contributed by atoms with Gasteiger partial charge in [-0.25, -0.2) is 12.8 Å². The molecule has 9 nitrogen and oxygen atoms in total. The predicted molar refractivity (Wildman–Crippen MR) is 117 cm³/mol. The first-order valence-electron chi connectivity index (χ1n) is 9.89. The molecule has 4 rings (SSSR count). The van der Waals surface area contributed by atoms with Crippen molar-refractivity contribution in [2.24, 2.45) is 0 Å². The molecule has 2 aromatic carbocycles. The summed E-state index contributed by atoms with van der Waals surface area (Å²) in [5.41, 5.74) is 1.20. The quantitative estimate of drug-likeness (QED) is 0.477. The average Bonchev–Trinajstić information content (AvgIpc) is 3.27. The number of thioether (sulfide) groups is 1. The Bertz CT molecular complexity index is 1180. The van der Waals surface area contributed by atoms with Crippen LogP contribution in [-0.4, -0.2) is 75.7 Å². The summed E-state index contributed by atoms with van der Waals surface area (Å²) in [6.07, 6.45) is 0. The smallest absolute Gasteiger partial charge is 0.233 e. The minimum Gasteiger partial charge on any atom is -0.339 e. The third-order valence-electron chi connectivity index (χ3n) is 5.00. The molecule has 0 spiro atoms. The maximum Gasteiger partial charge on any atom is 0.233 e. The summed E-state index contributed by atoms with van der Waals surface area (Å²) in [6.45, 7) is 1.16. The second-order valence-corrected chi connectivity index (χ2v) is 10.1. The molecule has 1 amide bonds. The van der Waals surface area contributed by atoms with E-state index in [1.807, 2.05) is 18.2 Å². The van der Waals surface area contributed by atoms with Gasteiger partial charge < -0.3 is 4.90 Å². The molecule has 3 aromatic rings. The lowest BCUT2D eigenvalue weighted by Crippen LogP contribution is -2.51. The van der Waals surface area contributed by atoms with Crippen molar-refractivity contribution >= 4 is 27.7 Å². The standard InChI is InChI=1S/C20H21FN6O3S2/c21-17-7-4-8-18(13-17)27-20(22-23-24-27)31-14-19(28)25-9-11-26(12-10-25)32(29,30)15-16-5-2-1-3-6-16/h1-8,13H,9-12,14-15H2. The molecule has 0 unspecified atom stereocenters. The summed E-state index contributed by atoms with van der Waals surface area (Å²) < 4.78 is 41.6. The Morgan fingerprint density at radius 3 is 2.50 bits per heavy atom. The fourth-order valence-corrected chi connectivity index (χ4v) is 5.66. The number of rotatable bonds is 7. The number of halogens is 1. The first-order valence-corrected chi connectivity index (χ1v) is 12.5. The van der Waals surface area contributed by atoms with Crippen LogP contribution in [0.1, 0.15) is 5.56 Å². The Balaban J connectivity index is 1.31. The van der Waals surface area contributed by atoms with Crippen LogP contribution in [-0.2, 0) is 20.6 Å². The molecule has 0 aliphatic carbocycles. The van der Waals surface area contributed by atoms with Crippen molar-refractivity contribution in [2.75, 3.05) is 31.9 Å². The second-order valence-electron chi connectivity index (χ2n) is 7.16. The highest BCUT2D eigenvalue weighted by molar-refractivity contribution is 7.99. The fraction of sp³-hybridized carbons (Fsp3) is 0.300. The monoisotopic (exact) mass is 476 g/mol. The number of tetrazole rings is 1. The van der Waals surface area contributed by atoms with E-state index >= 15 is 0 Å². The Hall–Kier alpha value is -2.83. The zero-order valence-electron chi connectivity index (χ0n) is 17.0. The number of piperazine rings is 1. The molecule has 1 fully saturated rings. The number of sulfonamides is 1. The molecule has 1 saturated heterocycles. The van der Waals surface area contributed by atoms with Crippen molar-refractivity contribution in [3.05, 3.63) is 66.0 Å². The molecule has 1 aliphatic rings. The summed E-state index contributed by atoms with van der Waals surface area (Å²) in [5.74, 6) is -0.513. The van der Waals surface area contributed by atoms with E-state index in [4.69, 9.17) is 0 Å². The van der Waals surface area contributed by atoms with Gasteiger partial charge in [0.1, 0.15) is 5.82 Å². The summed E-state index contributed by atoms with van der Waals surface area (Å²) in [7, 11) is -3.44. The van der Waals surface area contributed by atoms with Crippen LogP contribution >= 0.6 is 11.8 Å². The normalized spacial score (nSPS) is 15.1. The minimum atomic E-state index is -3.44. The molecule has 12 heteroatoms. The van der Waals surface area contributed by atoms with Crippen molar-refractivity contribution in [3.8, 4) is 5.69 Å². The number of nitrogens with zero attached hydrogens (tertiary/aromatic N) is 6. The molecule has 1 aliphatic heterocycles. The van der Waals surface area contributed by atoms with Crippen molar-refractivity contribution in [1.82, 2.24) is 29.4 Å². The van der Waals surface area contributed by atoms with Gasteiger partial charge in [0.2, 0.25) is 21.1 Å². The van der Waals surface area contributed by atoms with Gasteiger partial charge in [-0.3, -0.25) is 4.79 Å². The lowest BCUT2D eigenvalue weighted by molar-refractivity contribution is -0.129. The number of hydrogen-bond acceptors (Lipinski definition) is 7. The maximum atomic E-state index is 13.5. The van der Waals surface area contributed by atoms with Crippen molar-refractivity contribution in [1.29, 1.82) is 0 Å². The summed E-state index contributed by atoms with van der Waals surface area (Å²) in [4.78, 5) is 14.3. The number of carbonyl (C=O) groups is 1. The molecule has 168 valence electrons. The molecule has 0 saturated carbocycles. The van der Waals surface area contributed by atoms with Gasteiger partial charge in [0.05, 0.1) is 17.2 Å². The van der Waals surface area contributed by atoms with Gasteiger partial charge in [-0.2, -0.15) is 8.99 Å². The van der Waals surface area contributed by atoms with Crippen molar-refractivity contribution in [2.45, 2.75) is 10.9 Å². The van der Waals surface area contributed by atoms with Gasteiger partial charge in [-0.1, -0.05) is 48.2 Å². The molecule has 2 heterocycles. The molecule has 0 bridgehead atoms. The summed E-state index contributed by atoms with van der Waals surface area (Å²) >= 11 is 1.15. The second kappa shape index (κ2) is 9.76. The Labute approximate surface area is 189 Å². The number of benzene rings is 2. The summed E-state index contributed by atoms with van der Waals surface area (Å²) in [6, 6.07) is 14.9. The zero-order chi connectivity index (χ0) is 22.6. The average molecular weight is 477 g/mol. The van der Waals surface area contributed by atoms with Crippen LogP contribution < -0.4 is 0 Å². The highest BCUT2D eigenvalue weighted by atomic mass is 32.2. The summed E-state index contributed by atoms with van der Waals surface area (Å²) in [5, 5.41) is 11.7. The molecule has 1 aromatic heterocycles. The molecule has 0 radical (unpaired) electrons. The van der Waals surface area contributed by atoms with E-state index in [0.717, 1.165) is 17.3 Å². The highest BCUT2D eigenvalue weighted by Crippen LogP contribution is 2.20. The van der Waals surface area contributed by atoms with Crippen LogP contribution in [0.4, 0.5) is 4.39 Å². The van der Waals surface area contributed by atoms with Crippen LogP contribution in [0.2, 0.25) is 0 Å². The van der Waals surface area contributed by atoms with Gasteiger partial charge in [0.25, 0.3) is 0 Å². The fourth-order valence-electron chi connectivity index (χ4n) is 3.35. The third-order valence-corrected chi connectivity index (χ3v) is 7.75. The largest absolute Gasteiger partial charge is 0.339 e.